The Morgan fingerprint density at radius 2 is 1.70 bits per heavy atom. The number of hydrogen-bond acceptors (Lipinski definition) is 5. The van der Waals surface area contributed by atoms with Gasteiger partial charge in [0, 0.05) is 6.42 Å². The number of aromatic nitrogens is 2. The van der Waals surface area contributed by atoms with Crippen molar-refractivity contribution in [3.8, 4) is 5.88 Å². The highest BCUT2D eigenvalue weighted by Crippen LogP contribution is 2.25. The Balaban J connectivity index is 1.68. The third-order valence-corrected chi connectivity index (χ3v) is 4.60. The van der Waals surface area contributed by atoms with Crippen LogP contribution in [0, 0.1) is 0 Å². The minimum Gasteiger partial charge on any atom is -0.494 e. The third-order valence-electron chi connectivity index (χ3n) is 4.60. The van der Waals surface area contributed by atoms with Crippen molar-refractivity contribution < 1.29 is 5.11 Å². The smallest absolute Gasteiger partial charge is 0.331 e. The summed E-state index contributed by atoms with van der Waals surface area (Å²) in [5, 5.41) is 14.9. The van der Waals surface area contributed by atoms with E-state index in [-0.39, 0.29) is 24.0 Å². The van der Waals surface area contributed by atoms with Crippen LogP contribution in [0.1, 0.15) is 29.2 Å². The number of rotatable bonds is 4. The van der Waals surface area contributed by atoms with Gasteiger partial charge in [0.05, 0.1) is 18.3 Å². The van der Waals surface area contributed by atoms with E-state index in [0.717, 1.165) is 15.7 Å². The number of hydrazone groups is 1. The number of nitrogens with one attached hydrogen (secondary N) is 2. The van der Waals surface area contributed by atoms with Crippen LogP contribution in [0.3, 0.4) is 0 Å². The molecule has 0 saturated heterocycles. The molecule has 0 unspecified atom stereocenters. The summed E-state index contributed by atoms with van der Waals surface area (Å²) in [7, 11) is 0. The molecule has 7 heteroatoms. The normalized spacial score (nSPS) is 16.0. The quantitative estimate of drug-likeness (QED) is 0.658. The Hall–Kier alpha value is -3.61. The zero-order chi connectivity index (χ0) is 18.8. The van der Waals surface area contributed by atoms with Gasteiger partial charge >= 0.3 is 5.69 Å². The van der Waals surface area contributed by atoms with E-state index in [0.29, 0.717) is 12.1 Å². The van der Waals surface area contributed by atoms with Crippen LogP contribution in [0.5, 0.6) is 5.88 Å². The van der Waals surface area contributed by atoms with Gasteiger partial charge in [-0.2, -0.15) is 5.10 Å². The predicted octanol–water partition coefficient (Wildman–Crippen LogP) is 1.73. The minimum absolute atomic E-state index is 0.0245. The van der Waals surface area contributed by atoms with Crippen LogP contribution in [-0.2, 0) is 6.54 Å². The molecule has 0 spiro atoms. The lowest BCUT2D eigenvalue weighted by Crippen LogP contribution is -2.34. The highest BCUT2D eigenvalue weighted by molar-refractivity contribution is 6.03. The van der Waals surface area contributed by atoms with Crippen molar-refractivity contribution in [2.75, 3.05) is 0 Å². The topological polar surface area (TPSA) is 99.5 Å². The van der Waals surface area contributed by atoms with Gasteiger partial charge in [0.2, 0.25) is 5.88 Å². The second-order valence-corrected chi connectivity index (χ2v) is 6.38. The van der Waals surface area contributed by atoms with Gasteiger partial charge < -0.3 is 10.5 Å². The molecule has 1 aliphatic heterocycles. The molecule has 0 bridgehead atoms. The molecule has 0 aliphatic carbocycles. The number of nitrogens with zero attached hydrogens (tertiary/aromatic N) is 2. The van der Waals surface area contributed by atoms with Gasteiger partial charge in [0.15, 0.2) is 0 Å². The summed E-state index contributed by atoms with van der Waals surface area (Å²) in [6.45, 7) is 0.151. The minimum atomic E-state index is -0.656. The first-order chi connectivity index (χ1) is 13.1. The lowest BCUT2D eigenvalue weighted by molar-refractivity contribution is 0.408. The molecule has 1 aromatic heterocycles. The van der Waals surface area contributed by atoms with Crippen LogP contribution < -0.4 is 16.7 Å². The summed E-state index contributed by atoms with van der Waals surface area (Å²) >= 11 is 0. The van der Waals surface area contributed by atoms with Crippen LogP contribution in [0.25, 0.3) is 0 Å². The number of aromatic hydroxyl groups is 1. The standard InChI is InChI=1S/C20H18N4O3/c25-18-17(16-11-15(22-23-16)14-9-5-2-6-10-14)19(26)24(20(27)21-18)12-13-7-3-1-4-8-13/h1-10,15,22,26H,11-12H2,(H,21,25,27)/t15-/m1/s1. The van der Waals surface area contributed by atoms with Crippen LogP contribution >= 0.6 is 0 Å². The van der Waals surface area contributed by atoms with Crippen molar-refractivity contribution >= 4 is 5.71 Å². The zero-order valence-corrected chi connectivity index (χ0v) is 14.4. The zero-order valence-electron chi connectivity index (χ0n) is 14.4. The maximum absolute atomic E-state index is 12.4. The molecule has 1 aliphatic rings. The number of hydrogen-bond donors (Lipinski definition) is 3. The van der Waals surface area contributed by atoms with Crippen molar-refractivity contribution in [2.24, 2.45) is 5.10 Å². The molecular weight excluding hydrogens is 344 g/mol. The molecule has 4 rings (SSSR count). The van der Waals surface area contributed by atoms with E-state index in [9.17, 15) is 14.7 Å². The predicted molar refractivity (Wildman–Crippen MR) is 102 cm³/mol. The Morgan fingerprint density at radius 1 is 1.04 bits per heavy atom. The molecule has 2 aromatic carbocycles. The average Bonchev–Trinajstić information content (AvgIpc) is 3.16. The van der Waals surface area contributed by atoms with Crippen molar-refractivity contribution in [3.05, 3.63) is 98.2 Å². The molecule has 7 nitrogen and oxygen atoms in total. The molecule has 0 radical (unpaired) electrons. The molecule has 1 atom stereocenters. The van der Waals surface area contributed by atoms with E-state index in [1.54, 1.807) is 0 Å². The Morgan fingerprint density at radius 3 is 2.41 bits per heavy atom. The first-order valence-electron chi connectivity index (χ1n) is 8.61. The third kappa shape index (κ3) is 3.27. The van der Waals surface area contributed by atoms with Gasteiger partial charge in [-0.15, -0.1) is 0 Å². The lowest BCUT2D eigenvalue weighted by Gasteiger charge is -2.12. The largest absolute Gasteiger partial charge is 0.494 e. The van der Waals surface area contributed by atoms with E-state index in [1.807, 2.05) is 60.7 Å². The van der Waals surface area contributed by atoms with E-state index < -0.39 is 11.2 Å². The second-order valence-electron chi connectivity index (χ2n) is 6.38. The fraction of sp³-hybridized carbons (Fsp3) is 0.150. The highest BCUT2D eigenvalue weighted by atomic mass is 16.3. The van der Waals surface area contributed by atoms with Crippen molar-refractivity contribution in [1.82, 2.24) is 15.0 Å². The van der Waals surface area contributed by atoms with Crippen LogP contribution in [0.15, 0.2) is 75.4 Å². The molecule has 3 aromatic rings. The van der Waals surface area contributed by atoms with Gasteiger partial charge in [-0.05, 0) is 11.1 Å². The van der Waals surface area contributed by atoms with Gasteiger partial charge in [0.1, 0.15) is 5.56 Å². The lowest BCUT2D eigenvalue weighted by atomic mass is 10.00. The number of H-pyrrole nitrogens is 1. The van der Waals surface area contributed by atoms with Crippen LogP contribution in [0.2, 0.25) is 0 Å². The Bertz CT molecular complexity index is 1100. The maximum atomic E-state index is 12.4. The summed E-state index contributed by atoms with van der Waals surface area (Å²) in [4.78, 5) is 26.9. The fourth-order valence-electron chi connectivity index (χ4n) is 3.21. The number of benzene rings is 2. The first kappa shape index (κ1) is 16.8. The molecule has 0 saturated carbocycles. The summed E-state index contributed by atoms with van der Waals surface area (Å²) in [6, 6.07) is 18.9. The molecule has 0 amide bonds. The molecule has 27 heavy (non-hydrogen) atoms. The molecule has 136 valence electrons. The first-order valence-corrected chi connectivity index (χ1v) is 8.61. The van der Waals surface area contributed by atoms with Crippen molar-refractivity contribution in [3.63, 3.8) is 0 Å². The van der Waals surface area contributed by atoms with Crippen LogP contribution in [-0.4, -0.2) is 20.4 Å². The Labute approximate surface area is 154 Å². The van der Waals surface area contributed by atoms with Gasteiger partial charge in [-0.3, -0.25) is 14.3 Å². The maximum Gasteiger partial charge on any atom is 0.331 e. The Kier molecular flexibility index (Phi) is 4.33. The number of aromatic amines is 1. The monoisotopic (exact) mass is 362 g/mol. The fourth-order valence-corrected chi connectivity index (χ4v) is 3.21. The van der Waals surface area contributed by atoms with E-state index >= 15 is 0 Å². The molecular formula is C20H18N4O3. The molecule has 0 fully saturated rings. The molecule has 3 N–H and O–H groups in total. The average molecular weight is 362 g/mol. The van der Waals surface area contributed by atoms with Gasteiger partial charge in [-0.1, -0.05) is 60.7 Å². The van der Waals surface area contributed by atoms with Crippen molar-refractivity contribution in [1.29, 1.82) is 0 Å². The van der Waals surface area contributed by atoms with Crippen LogP contribution in [0.4, 0.5) is 0 Å². The van der Waals surface area contributed by atoms with Gasteiger partial charge in [0.25, 0.3) is 5.56 Å². The molecule has 2 heterocycles. The summed E-state index contributed by atoms with van der Waals surface area (Å²) < 4.78 is 1.14. The van der Waals surface area contributed by atoms with E-state index in [4.69, 9.17) is 0 Å². The second kappa shape index (κ2) is 6.95. The summed E-state index contributed by atoms with van der Waals surface area (Å²) in [5.74, 6) is -0.373. The van der Waals surface area contributed by atoms with E-state index in [1.165, 1.54) is 0 Å². The highest BCUT2D eigenvalue weighted by Gasteiger charge is 2.27. The van der Waals surface area contributed by atoms with Crippen molar-refractivity contribution in [2.45, 2.75) is 19.0 Å². The van der Waals surface area contributed by atoms with Gasteiger partial charge in [-0.25, -0.2) is 4.79 Å². The van der Waals surface area contributed by atoms with E-state index in [2.05, 4.69) is 15.5 Å². The summed E-state index contributed by atoms with van der Waals surface area (Å²) in [5.41, 5.74) is 4.01. The SMILES string of the molecule is O=c1[nH]c(=O)n(Cc2ccccc2)c(O)c1C1=NN[C@@H](c2ccccc2)C1. The summed E-state index contributed by atoms with van der Waals surface area (Å²) in [6.07, 6.45) is 0.435.